The van der Waals surface area contributed by atoms with Crippen LogP contribution in [-0.4, -0.2) is 30.4 Å². The van der Waals surface area contributed by atoms with Gasteiger partial charge in [-0.1, -0.05) is 73.5 Å². The van der Waals surface area contributed by atoms with E-state index in [1.807, 2.05) is 60.7 Å². The third kappa shape index (κ3) is 6.95. The average Bonchev–Trinajstić information content (AvgIpc) is 3.31. The molecule has 0 aromatic heterocycles. The summed E-state index contributed by atoms with van der Waals surface area (Å²) in [6.07, 6.45) is 4.44. The molecular formula is C25H30N2O4. The molecule has 2 amide bonds. The standard InChI is InChI=1S/C25H30N2O4/c1-18(28)26-24(21-14-8-9-15-21)25(30)31-17-23(29)27-22(20-12-6-3-7-13-20)16-19-10-4-2-5-11-19/h2-7,10-13,21-22,24H,8-9,14-17H2,1H3,(H,26,28)(H,27,29). The van der Waals surface area contributed by atoms with Gasteiger partial charge in [-0.15, -0.1) is 0 Å². The van der Waals surface area contributed by atoms with Crippen LogP contribution in [0.3, 0.4) is 0 Å². The number of ether oxygens (including phenoxy) is 1. The molecule has 0 heterocycles. The van der Waals surface area contributed by atoms with Crippen molar-refractivity contribution >= 4 is 17.8 Å². The maximum absolute atomic E-state index is 12.6. The molecule has 1 saturated carbocycles. The molecule has 1 aliphatic carbocycles. The molecule has 0 aliphatic heterocycles. The lowest BCUT2D eigenvalue weighted by Crippen LogP contribution is -2.46. The molecular weight excluding hydrogens is 392 g/mol. The lowest BCUT2D eigenvalue weighted by Gasteiger charge is -2.23. The van der Waals surface area contributed by atoms with Crippen LogP contribution in [0.1, 0.15) is 49.8 Å². The van der Waals surface area contributed by atoms with Crippen LogP contribution >= 0.6 is 0 Å². The molecule has 0 saturated heterocycles. The van der Waals surface area contributed by atoms with Gasteiger partial charge in [-0.05, 0) is 36.3 Å². The zero-order chi connectivity index (χ0) is 22.1. The molecule has 3 rings (SSSR count). The van der Waals surface area contributed by atoms with Crippen molar-refractivity contribution in [2.75, 3.05) is 6.61 Å². The van der Waals surface area contributed by atoms with E-state index in [2.05, 4.69) is 10.6 Å². The molecule has 2 atom stereocenters. The van der Waals surface area contributed by atoms with Crippen molar-refractivity contribution in [2.45, 2.75) is 51.1 Å². The van der Waals surface area contributed by atoms with Crippen LogP contribution in [0.4, 0.5) is 0 Å². The molecule has 2 unspecified atom stereocenters. The SMILES string of the molecule is CC(=O)NC(C(=O)OCC(=O)NC(Cc1ccccc1)c1ccccc1)C1CCCC1. The first-order valence-electron chi connectivity index (χ1n) is 10.8. The van der Waals surface area contributed by atoms with Crippen molar-refractivity contribution in [1.29, 1.82) is 0 Å². The van der Waals surface area contributed by atoms with Crippen LogP contribution in [0.2, 0.25) is 0 Å². The van der Waals surface area contributed by atoms with Crippen LogP contribution < -0.4 is 10.6 Å². The lowest BCUT2D eigenvalue weighted by atomic mass is 9.98. The third-order valence-corrected chi connectivity index (χ3v) is 5.65. The first-order valence-corrected chi connectivity index (χ1v) is 10.8. The highest BCUT2D eigenvalue weighted by molar-refractivity contribution is 5.86. The van der Waals surface area contributed by atoms with Crippen molar-refractivity contribution in [1.82, 2.24) is 10.6 Å². The molecule has 0 spiro atoms. The second-order valence-corrected chi connectivity index (χ2v) is 8.05. The van der Waals surface area contributed by atoms with Gasteiger partial charge in [-0.25, -0.2) is 4.79 Å². The van der Waals surface area contributed by atoms with Gasteiger partial charge in [-0.3, -0.25) is 9.59 Å². The summed E-state index contributed by atoms with van der Waals surface area (Å²) in [5.41, 5.74) is 2.08. The Morgan fingerprint density at radius 1 is 0.935 bits per heavy atom. The van der Waals surface area contributed by atoms with E-state index in [9.17, 15) is 14.4 Å². The minimum Gasteiger partial charge on any atom is -0.454 e. The van der Waals surface area contributed by atoms with E-state index in [0.717, 1.165) is 36.8 Å². The van der Waals surface area contributed by atoms with Gasteiger partial charge in [0.25, 0.3) is 5.91 Å². The van der Waals surface area contributed by atoms with Crippen molar-refractivity contribution in [2.24, 2.45) is 5.92 Å². The van der Waals surface area contributed by atoms with Crippen molar-refractivity contribution < 1.29 is 19.1 Å². The average molecular weight is 423 g/mol. The third-order valence-electron chi connectivity index (χ3n) is 5.65. The van der Waals surface area contributed by atoms with Crippen LogP contribution in [0.15, 0.2) is 60.7 Å². The zero-order valence-corrected chi connectivity index (χ0v) is 17.9. The minimum absolute atomic E-state index is 0.0645. The summed E-state index contributed by atoms with van der Waals surface area (Å²) < 4.78 is 5.30. The lowest BCUT2D eigenvalue weighted by molar-refractivity contribution is -0.153. The Balaban J connectivity index is 1.60. The number of hydrogen-bond donors (Lipinski definition) is 2. The predicted molar refractivity (Wildman–Crippen MR) is 118 cm³/mol. The number of nitrogens with one attached hydrogen (secondary N) is 2. The summed E-state index contributed by atoms with van der Waals surface area (Å²) in [6, 6.07) is 18.7. The van der Waals surface area contributed by atoms with E-state index in [4.69, 9.17) is 4.74 Å². The Labute approximate surface area is 183 Å². The molecule has 164 valence electrons. The van der Waals surface area contributed by atoms with E-state index in [1.54, 1.807) is 0 Å². The molecule has 2 N–H and O–H groups in total. The van der Waals surface area contributed by atoms with Crippen molar-refractivity contribution in [3.8, 4) is 0 Å². The maximum Gasteiger partial charge on any atom is 0.329 e. The molecule has 2 aromatic carbocycles. The highest BCUT2D eigenvalue weighted by Gasteiger charge is 2.33. The Kier molecular flexibility index (Phi) is 8.21. The van der Waals surface area contributed by atoms with Gasteiger partial charge >= 0.3 is 5.97 Å². The number of hydrogen-bond acceptors (Lipinski definition) is 4. The second kappa shape index (κ2) is 11.3. The van der Waals surface area contributed by atoms with E-state index in [1.165, 1.54) is 6.92 Å². The summed E-state index contributed by atoms with van der Waals surface area (Å²) in [5, 5.41) is 5.68. The summed E-state index contributed by atoms with van der Waals surface area (Å²) in [5.74, 6) is -1.12. The first-order chi connectivity index (χ1) is 15.0. The van der Waals surface area contributed by atoms with Gasteiger partial charge in [0.1, 0.15) is 6.04 Å². The molecule has 0 radical (unpaired) electrons. The summed E-state index contributed by atoms with van der Waals surface area (Å²) in [4.78, 5) is 36.7. The molecule has 6 nitrogen and oxygen atoms in total. The van der Waals surface area contributed by atoms with E-state index < -0.39 is 12.0 Å². The number of rotatable bonds is 9. The number of carbonyl (C=O) groups is 3. The van der Waals surface area contributed by atoms with Gasteiger partial charge < -0.3 is 15.4 Å². The second-order valence-electron chi connectivity index (χ2n) is 8.05. The fourth-order valence-corrected chi connectivity index (χ4v) is 4.13. The van der Waals surface area contributed by atoms with Gasteiger partial charge in [-0.2, -0.15) is 0 Å². The van der Waals surface area contributed by atoms with Gasteiger partial charge in [0.15, 0.2) is 6.61 Å². The van der Waals surface area contributed by atoms with Gasteiger partial charge in [0.05, 0.1) is 6.04 Å². The fraction of sp³-hybridized carbons (Fsp3) is 0.400. The molecule has 2 aromatic rings. The summed E-state index contributed by atoms with van der Waals surface area (Å²) in [7, 11) is 0. The van der Waals surface area contributed by atoms with Gasteiger partial charge in [0.2, 0.25) is 5.91 Å². The monoisotopic (exact) mass is 422 g/mol. The van der Waals surface area contributed by atoms with Crippen LogP contribution in [0.25, 0.3) is 0 Å². The normalized spacial score (nSPS) is 15.6. The molecule has 1 fully saturated rings. The van der Waals surface area contributed by atoms with E-state index in [-0.39, 0.29) is 30.4 Å². The Morgan fingerprint density at radius 3 is 2.16 bits per heavy atom. The number of esters is 1. The number of benzene rings is 2. The maximum atomic E-state index is 12.6. The Hall–Kier alpha value is -3.15. The highest BCUT2D eigenvalue weighted by atomic mass is 16.5. The predicted octanol–water partition coefficient (Wildman–Crippen LogP) is 3.32. The quantitative estimate of drug-likeness (QED) is 0.607. The molecule has 31 heavy (non-hydrogen) atoms. The largest absolute Gasteiger partial charge is 0.454 e. The number of amides is 2. The fourth-order valence-electron chi connectivity index (χ4n) is 4.13. The van der Waals surface area contributed by atoms with Gasteiger partial charge in [0, 0.05) is 6.92 Å². The van der Waals surface area contributed by atoms with E-state index >= 15 is 0 Å². The van der Waals surface area contributed by atoms with Crippen LogP contribution in [0.5, 0.6) is 0 Å². The van der Waals surface area contributed by atoms with Crippen LogP contribution in [0, 0.1) is 5.92 Å². The van der Waals surface area contributed by atoms with Crippen molar-refractivity contribution in [3.63, 3.8) is 0 Å². The number of carbonyl (C=O) groups excluding carboxylic acids is 3. The Morgan fingerprint density at radius 2 is 1.55 bits per heavy atom. The molecule has 1 aliphatic rings. The summed E-state index contributed by atoms with van der Waals surface area (Å²) >= 11 is 0. The Bertz CT molecular complexity index is 864. The zero-order valence-electron chi connectivity index (χ0n) is 17.9. The topological polar surface area (TPSA) is 84.5 Å². The van der Waals surface area contributed by atoms with Crippen molar-refractivity contribution in [3.05, 3.63) is 71.8 Å². The minimum atomic E-state index is -0.693. The van der Waals surface area contributed by atoms with Crippen LogP contribution in [-0.2, 0) is 25.5 Å². The summed E-state index contributed by atoms with van der Waals surface area (Å²) in [6.45, 7) is 1.01. The highest BCUT2D eigenvalue weighted by Crippen LogP contribution is 2.28. The van der Waals surface area contributed by atoms with E-state index in [0.29, 0.717) is 6.42 Å². The molecule has 0 bridgehead atoms. The molecule has 6 heteroatoms. The smallest absolute Gasteiger partial charge is 0.329 e. The first kappa shape index (κ1) is 22.5.